The van der Waals surface area contributed by atoms with Crippen molar-refractivity contribution in [1.82, 2.24) is 4.90 Å². The number of halogens is 1. The molecule has 1 unspecified atom stereocenters. The Morgan fingerprint density at radius 2 is 0.923 bits per heavy atom. The third-order valence-corrected chi connectivity index (χ3v) is 5.23. The van der Waals surface area contributed by atoms with Crippen molar-refractivity contribution < 1.29 is 4.74 Å². The number of hydrogen-bond acceptors (Lipinski definition) is 2. The third-order valence-electron chi connectivity index (χ3n) is 5.23. The summed E-state index contributed by atoms with van der Waals surface area (Å²) in [6, 6.07) is 0. The van der Waals surface area contributed by atoms with E-state index in [1.54, 1.807) is 0 Å². The standard InChI is InChI=1S/C23H49NO.ClH/c1-5-7-8-9-10-11-12-13-14-15-16-17-18-19-20-21-22-25-23(6-2)24(3)4;/h23H,5-22H2,1-4H3;1H. The summed E-state index contributed by atoms with van der Waals surface area (Å²) in [5, 5.41) is 0. The van der Waals surface area contributed by atoms with Crippen LogP contribution in [0.4, 0.5) is 0 Å². The SMILES string of the molecule is CCCCCCCCCCCCCCCCCCOC(CC)N(C)C.Cl. The molecule has 160 valence electrons. The number of ether oxygens (including phenoxy) is 1. The molecule has 0 bridgehead atoms. The van der Waals surface area contributed by atoms with Crippen LogP contribution in [-0.2, 0) is 4.74 Å². The van der Waals surface area contributed by atoms with E-state index in [-0.39, 0.29) is 12.4 Å². The van der Waals surface area contributed by atoms with Crippen molar-refractivity contribution in [3.63, 3.8) is 0 Å². The lowest BCUT2D eigenvalue weighted by molar-refractivity contribution is -0.0391. The molecule has 3 heteroatoms. The maximum Gasteiger partial charge on any atom is 0.109 e. The zero-order chi connectivity index (χ0) is 18.6. The molecule has 2 nitrogen and oxygen atoms in total. The van der Waals surface area contributed by atoms with Gasteiger partial charge in [-0.25, -0.2) is 0 Å². The highest BCUT2D eigenvalue weighted by molar-refractivity contribution is 5.85. The van der Waals surface area contributed by atoms with E-state index < -0.39 is 0 Å². The minimum Gasteiger partial charge on any atom is -0.363 e. The van der Waals surface area contributed by atoms with Crippen molar-refractivity contribution in [2.75, 3.05) is 20.7 Å². The van der Waals surface area contributed by atoms with Crippen LogP contribution in [0.1, 0.15) is 123 Å². The number of unbranched alkanes of at least 4 members (excludes halogenated alkanes) is 15. The maximum atomic E-state index is 5.90. The lowest BCUT2D eigenvalue weighted by Gasteiger charge is -2.23. The molecule has 0 aliphatic heterocycles. The molecule has 0 saturated heterocycles. The normalized spacial score (nSPS) is 12.3. The highest BCUT2D eigenvalue weighted by Gasteiger charge is 2.07. The molecule has 0 aliphatic rings. The van der Waals surface area contributed by atoms with Gasteiger partial charge in [-0.2, -0.15) is 0 Å². The third kappa shape index (κ3) is 20.5. The van der Waals surface area contributed by atoms with Crippen LogP contribution in [0.3, 0.4) is 0 Å². The average Bonchev–Trinajstić information content (AvgIpc) is 2.60. The molecule has 1 atom stereocenters. The first-order valence-corrected chi connectivity index (χ1v) is 11.5. The van der Waals surface area contributed by atoms with E-state index >= 15 is 0 Å². The summed E-state index contributed by atoms with van der Waals surface area (Å²) in [5.74, 6) is 0. The largest absolute Gasteiger partial charge is 0.363 e. The molecule has 0 heterocycles. The van der Waals surface area contributed by atoms with Gasteiger partial charge in [-0.05, 0) is 26.9 Å². The van der Waals surface area contributed by atoms with Crippen LogP contribution in [0.25, 0.3) is 0 Å². The molecule has 0 aromatic carbocycles. The fourth-order valence-electron chi connectivity index (χ4n) is 3.50. The molecule has 0 amide bonds. The summed E-state index contributed by atoms with van der Waals surface area (Å²) in [5.41, 5.74) is 0. The number of rotatable bonds is 20. The molecular weight excluding hydrogens is 342 g/mol. The first-order valence-electron chi connectivity index (χ1n) is 11.5. The second-order valence-electron chi connectivity index (χ2n) is 8.00. The molecule has 0 fully saturated rings. The quantitative estimate of drug-likeness (QED) is 0.154. The lowest BCUT2D eigenvalue weighted by atomic mass is 10.0. The topological polar surface area (TPSA) is 12.5 Å². The van der Waals surface area contributed by atoms with Gasteiger partial charge in [0.15, 0.2) is 0 Å². The smallest absolute Gasteiger partial charge is 0.109 e. The fraction of sp³-hybridized carbons (Fsp3) is 1.00. The Labute approximate surface area is 172 Å². The van der Waals surface area contributed by atoms with E-state index in [2.05, 4.69) is 32.8 Å². The van der Waals surface area contributed by atoms with E-state index in [0.29, 0.717) is 6.23 Å². The zero-order valence-electron chi connectivity index (χ0n) is 18.6. The molecule has 0 rings (SSSR count). The molecule has 0 N–H and O–H groups in total. The Morgan fingerprint density at radius 1 is 0.577 bits per heavy atom. The predicted octanol–water partition coefficient (Wildman–Crippen LogP) is 7.98. The fourth-order valence-corrected chi connectivity index (χ4v) is 3.50. The van der Waals surface area contributed by atoms with Gasteiger partial charge in [0.1, 0.15) is 6.23 Å². The monoisotopic (exact) mass is 391 g/mol. The summed E-state index contributed by atoms with van der Waals surface area (Å²) < 4.78 is 5.90. The Balaban J connectivity index is 0. The molecular formula is C23H50ClNO. The van der Waals surface area contributed by atoms with Gasteiger partial charge in [-0.1, -0.05) is 110 Å². The van der Waals surface area contributed by atoms with Crippen LogP contribution < -0.4 is 0 Å². The van der Waals surface area contributed by atoms with Crippen LogP contribution in [0, 0.1) is 0 Å². The molecule has 0 aromatic heterocycles. The van der Waals surface area contributed by atoms with Gasteiger partial charge in [0.25, 0.3) is 0 Å². The summed E-state index contributed by atoms with van der Waals surface area (Å²) in [4.78, 5) is 2.17. The van der Waals surface area contributed by atoms with Gasteiger partial charge in [-0.15, -0.1) is 12.4 Å². The molecule has 26 heavy (non-hydrogen) atoms. The van der Waals surface area contributed by atoms with Crippen molar-refractivity contribution in [3.05, 3.63) is 0 Å². The predicted molar refractivity (Wildman–Crippen MR) is 121 cm³/mol. The molecule has 0 spiro atoms. The minimum absolute atomic E-state index is 0. The Morgan fingerprint density at radius 3 is 1.23 bits per heavy atom. The lowest BCUT2D eigenvalue weighted by Crippen LogP contribution is -2.30. The van der Waals surface area contributed by atoms with Crippen molar-refractivity contribution in [2.45, 2.75) is 129 Å². The van der Waals surface area contributed by atoms with E-state index in [1.165, 1.54) is 103 Å². The first-order chi connectivity index (χ1) is 12.2. The summed E-state index contributed by atoms with van der Waals surface area (Å²) in [6.07, 6.45) is 24.2. The Bertz CT molecular complexity index is 248. The zero-order valence-corrected chi connectivity index (χ0v) is 19.4. The number of hydrogen-bond donors (Lipinski definition) is 0. The van der Waals surface area contributed by atoms with Crippen LogP contribution in [0.2, 0.25) is 0 Å². The van der Waals surface area contributed by atoms with E-state index in [1.807, 2.05) is 0 Å². The maximum absolute atomic E-state index is 5.90. The highest BCUT2D eigenvalue weighted by Crippen LogP contribution is 2.14. The second kappa shape index (κ2) is 23.2. The number of nitrogens with zero attached hydrogens (tertiary/aromatic N) is 1. The van der Waals surface area contributed by atoms with Crippen LogP contribution in [0.5, 0.6) is 0 Å². The molecule has 0 aliphatic carbocycles. The van der Waals surface area contributed by atoms with E-state index in [0.717, 1.165) is 13.0 Å². The highest BCUT2D eigenvalue weighted by atomic mass is 35.5. The molecule has 0 aromatic rings. The van der Waals surface area contributed by atoms with Gasteiger partial charge in [0, 0.05) is 6.61 Å². The van der Waals surface area contributed by atoms with Crippen molar-refractivity contribution in [1.29, 1.82) is 0 Å². The van der Waals surface area contributed by atoms with Gasteiger partial charge in [-0.3, -0.25) is 4.90 Å². The van der Waals surface area contributed by atoms with Gasteiger partial charge in [0.05, 0.1) is 0 Å². The Hall–Kier alpha value is 0.210. The van der Waals surface area contributed by atoms with E-state index in [4.69, 9.17) is 4.74 Å². The first kappa shape index (κ1) is 28.4. The summed E-state index contributed by atoms with van der Waals surface area (Å²) in [6.45, 7) is 5.41. The summed E-state index contributed by atoms with van der Waals surface area (Å²) in [7, 11) is 4.20. The van der Waals surface area contributed by atoms with Crippen LogP contribution in [0.15, 0.2) is 0 Å². The van der Waals surface area contributed by atoms with Crippen LogP contribution in [-0.4, -0.2) is 31.8 Å². The van der Waals surface area contributed by atoms with Crippen molar-refractivity contribution in [3.8, 4) is 0 Å². The van der Waals surface area contributed by atoms with Gasteiger partial charge in [0.2, 0.25) is 0 Å². The van der Waals surface area contributed by atoms with Crippen LogP contribution >= 0.6 is 12.4 Å². The second-order valence-corrected chi connectivity index (χ2v) is 8.00. The minimum atomic E-state index is 0. The Kier molecular flexibility index (Phi) is 25.4. The summed E-state index contributed by atoms with van der Waals surface area (Å²) >= 11 is 0. The average molecular weight is 392 g/mol. The van der Waals surface area contributed by atoms with Crippen molar-refractivity contribution in [2.24, 2.45) is 0 Å². The molecule has 0 radical (unpaired) electrons. The molecule has 0 saturated carbocycles. The van der Waals surface area contributed by atoms with Gasteiger partial charge >= 0.3 is 0 Å². The van der Waals surface area contributed by atoms with E-state index in [9.17, 15) is 0 Å². The van der Waals surface area contributed by atoms with Crippen molar-refractivity contribution >= 4 is 12.4 Å². The van der Waals surface area contributed by atoms with Gasteiger partial charge < -0.3 is 4.74 Å².